The van der Waals surface area contributed by atoms with Crippen LogP contribution in [0.5, 0.6) is 0 Å². The molecule has 8 heteroatoms. The van der Waals surface area contributed by atoms with Crippen LogP contribution in [0.3, 0.4) is 0 Å². The van der Waals surface area contributed by atoms with Crippen molar-refractivity contribution in [3.05, 3.63) is 112 Å². The summed E-state index contributed by atoms with van der Waals surface area (Å²) in [5.41, 5.74) is 3.07. The van der Waals surface area contributed by atoms with Crippen LogP contribution in [0.2, 0.25) is 0 Å². The van der Waals surface area contributed by atoms with Gasteiger partial charge in [0.15, 0.2) is 5.76 Å². The zero-order valence-electron chi connectivity index (χ0n) is 21.1. The number of hydrogen-bond donors (Lipinski definition) is 0. The van der Waals surface area contributed by atoms with Crippen molar-refractivity contribution in [3.63, 3.8) is 0 Å². The van der Waals surface area contributed by atoms with Crippen molar-refractivity contribution in [1.82, 2.24) is 0 Å². The number of nitrogens with zero attached hydrogens (tertiary/aromatic N) is 3. The first-order valence-corrected chi connectivity index (χ1v) is 12.5. The lowest BCUT2D eigenvalue weighted by Crippen LogP contribution is -2.47. The number of carbonyl (C=O) groups is 2. The highest BCUT2D eigenvalue weighted by Crippen LogP contribution is 2.43. The molecule has 0 saturated carbocycles. The van der Waals surface area contributed by atoms with Crippen LogP contribution >= 0.6 is 0 Å². The summed E-state index contributed by atoms with van der Waals surface area (Å²) in [7, 11) is 0. The lowest BCUT2D eigenvalue weighted by molar-refractivity contribution is -0.384. The van der Waals surface area contributed by atoms with Crippen molar-refractivity contribution in [3.8, 4) is 11.3 Å². The summed E-state index contributed by atoms with van der Waals surface area (Å²) in [6, 6.07) is 26.1. The van der Waals surface area contributed by atoms with Gasteiger partial charge < -0.3 is 14.2 Å². The standard InChI is InChI=1S/C30H27N3O5/c1-3-29(34)32(22-9-5-4-6-10-22)26-19-20(2)31(25-12-8-7-11-24(25)26)30(35)28-18-17-27(38-28)21-13-15-23(16-14-21)33(36)37/h4-18,20,26H,3,19H2,1-2H3/t20-,26+/m1/s1. The highest BCUT2D eigenvalue weighted by molar-refractivity contribution is 6.06. The smallest absolute Gasteiger partial charge is 0.294 e. The third kappa shape index (κ3) is 4.56. The van der Waals surface area contributed by atoms with Crippen molar-refractivity contribution >= 4 is 28.9 Å². The molecule has 1 aliphatic heterocycles. The van der Waals surface area contributed by atoms with Gasteiger partial charge in [-0.15, -0.1) is 0 Å². The summed E-state index contributed by atoms with van der Waals surface area (Å²) in [6.07, 6.45) is 0.918. The fourth-order valence-electron chi connectivity index (χ4n) is 5.07. The number of fused-ring (bicyclic) bond motifs is 1. The van der Waals surface area contributed by atoms with Crippen LogP contribution in [0, 0.1) is 10.1 Å². The van der Waals surface area contributed by atoms with E-state index in [-0.39, 0.29) is 35.3 Å². The van der Waals surface area contributed by atoms with E-state index in [0.29, 0.717) is 24.2 Å². The van der Waals surface area contributed by atoms with Gasteiger partial charge in [-0.25, -0.2) is 0 Å². The van der Waals surface area contributed by atoms with E-state index in [1.807, 2.05) is 73.3 Å². The number of carbonyl (C=O) groups excluding carboxylic acids is 2. The molecular formula is C30H27N3O5. The third-order valence-electron chi connectivity index (χ3n) is 6.88. The molecule has 192 valence electrons. The molecule has 0 aliphatic carbocycles. The Morgan fingerprint density at radius 1 is 0.974 bits per heavy atom. The predicted molar refractivity (Wildman–Crippen MR) is 145 cm³/mol. The zero-order chi connectivity index (χ0) is 26.8. The maximum Gasteiger partial charge on any atom is 0.294 e. The van der Waals surface area contributed by atoms with Gasteiger partial charge in [-0.3, -0.25) is 19.7 Å². The summed E-state index contributed by atoms with van der Waals surface area (Å²) in [5, 5.41) is 11.0. The van der Waals surface area contributed by atoms with Crippen molar-refractivity contribution in [2.24, 2.45) is 0 Å². The number of amides is 2. The molecular weight excluding hydrogens is 482 g/mol. The molecule has 2 heterocycles. The summed E-state index contributed by atoms with van der Waals surface area (Å²) in [5.74, 6) is 0.345. The molecule has 2 atom stereocenters. The Morgan fingerprint density at radius 3 is 2.34 bits per heavy atom. The van der Waals surface area contributed by atoms with Gasteiger partial charge in [0.1, 0.15) is 5.76 Å². The number of non-ortho nitro benzene ring substituents is 1. The Bertz CT molecular complexity index is 1480. The van der Waals surface area contributed by atoms with E-state index in [2.05, 4.69) is 0 Å². The highest BCUT2D eigenvalue weighted by Gasteiger charge is 2.39. The number of hydrogen-bond acceptors (Lipinski definition) is 5. The van der Waals surface area contributed by atoms with Gasteiger partial charge in [0.05, 0.1) is 11.0 Å². The Kier molecular flexibility index (Phi) is 6.79. The number of nitro groups is 1. The number of anilines is 2. The minimum absolute atomic E-state index is 0.0155. The van der Waals surface area contributed by atoms with E-state index in [1.165, 1.54) is 12.1 Å². The topological polar surface area (TPSA) is 96.9 Å². The van der Waals surface area contributed by atoms with E-state index in [0.717, 1.165) is 16.9 Å². The first-order chi connectivity index (χ1) is 18.4. The van der Waals surface area contributed by atoms with Crippen LogP contribution in [-0.4, -0.2) is 22.8 Å². The van der Waals surface area contributed by atoms with E-state index < -0.39 is 4.92 Å². The molecule has 3 aromatic carbocycles. The summed E-state index contributed by atoms with van der Waals surface area (Å²) in [4.78, 5) is 41.0. The summed E-state index contributed by atoms with van der Waals surface area (Å²) >= 11 is 0. The number of nitro benzene ring substituents is 1. The Morgan fingerprint density at radius 2 is 1.66 bits per heavy atom. The second-order valence-electron chi connectivity index (χ2n) is 9.26. The average molecular weight is 510 g/mol. The fraction of sp³-hybridized carbons (Fsp3) is 0.200. The van der Waals surface area contributed by atoms with Crippen LogP contribution in [0.25, 0.3) is 11.3 Å². The van der Waals surface area contributed by atoms with Crippen molar-refractivity contribution < 1.29 is 18.9 Å². The molecule has 4 aromatic rings. The molecule has 0 fully saturated rings. The minimum atomic E-state index is -0.462. The molecule has 0 N–H and O–H groups in total. The second kappa shape index (κ2) is 10.3. The van der Waals surface area contributed by atoms with Gasteiger partial charge >= 0.3 is 0 Å². The monoisotopic (exact) mass is 509 g/mol. The summed E-state index contributed by atoms with van der Waals surface area (Å²) in [6.45, 7) is 3.83. The van der Waals surface area contributed by atoms with Crippen LogP contribution in [0.4, 0.5) is 17.1 Å². The largest absolute Gasteiger partial charge is 0.451 e. The lowest BCUT2D eigenvalue weighted by Gasteiger charge is -2.43. The number of para-hydroxylation sites is 2. The van der Waals surface area contributed by atoms with Crippen molar-refractivity contribution in [2.45, 2.75) is 38.8 Å². The maximum atomic E-state index is 13.8. The molecule has 2 amide bonds. The zero-order valence-corrected chi connectivity index (χ0v) is 21.1. The Balaban J connectivity index is 1.48. The first kappa shape index (κ1) is 25.0. The number of furan rings is 1. The quantitative estimate of drug-likeness (QED) is 0.211. The third-order valence-corrected chi connectivity index (χ3v) is 6.88. The van der Waals surface area contributed by atoms with Gasteiger partial charge in [-0.05, 0) is 61.4 Å². The lowest BCUT2D eigenvalue weighted by atomic mass is 9.89. The molecule has 0 saturated heterocycles. The van der Waals surface area contributed by atoms with E-state index in [4.69, 9.17) is 4.42 Å². The Hall–Kier alpha value is -4.72. The first-order valence-electron chi connectivity index (χ1n) is 12.5. The minimum Gasteiger partial charge on any atom is -0.451 e. The molecule has 1 aliphatic rings. The molecule has 0 radical (unpaired) electrons. The molecule has 1 aromatic heterocycles. The number of benzene rings is 3. The van der Waals surface area contributed by atoms with Crippen molar-refractivity contribution in [2.75, 3.05) is 9.80 Å². The normalized spacial score (nSPS) is 16.5. The van der Waals surface area contributed by atoms with Crippen LogP contribution < -0.4 is 9.80 Å². The molecule has 0 spiro atoms. The van der Waals surface area contributed by atoms with E-state index in [9.17, 15) is 19.7 Å². The van der Waals surface area contributed by atoms with Gasteiger partial charge in [-0.1, -0.05) is 43.3 Å². The van der Waals surface area contributed by atoms with Gasteiger partial charge in [0, 0.05) is 41.5 Å². The average Bonchev–Trinajstić information content (AvgIpc) is 3.44. The molecule has 38 heavy (non-hydrogen) atoms. The number of rotatable bonds is 6. The van der Waals surface area contributed by atoms with E-state index >= 15 is 0 Å². The molecule has 8 nitrogen and oxygen atoms in total. The van der Waals surface area contributed by atoms with Crippen LogP contribution in [0.15, 0.2) is 95.4 Å². The Labute approximate surface area is 220 Å². The van der Waals surface area contributed by atoms with Crippen molar-refractivity contribution in [1.29, 1.82) is 0 Å². The molecule has 0 unspecified atom stereocenters. The predicted octanol–water partition coefficient (Wildman–Crippen LogP) is 6.78. The maximum absolute atomic E-state index is 13.8. The van der Waals surface area contributed by atoms with Crippen LogP contribution in [-0.2, 0) is 4.79 Å². The van der Waals surface area contributed by atoms with Crippen LogP contribution in [0.1, 0.15) is 48.8 Å². The van der Waals surface area contributed by atoms with Gasteiger partial charge in [0.25, 0.3) is 11.6 Å². The highest BCUT2D eigenvalue weighted by atomic mass is 16.6. The molecule has 5 rings (SSSR count). The SMILES string of the molecule is CCC(=O)N(c1ccccc1)[C@H]1C[C@@H](C)N(C(=O)c2ccc(-c3ccc([N+](=O)[O-])cc3)o2)c2ccccc21. The molecule has 0 bridgehead atoms. The van der Waals surface area contributed by atoms with E-state index in [1.54, 1.807) is 29.2 Å². The summed E-state index contributed by atoms with van der Waals surface area (Å²) < 4.78 is 5.92. The van der Waals surface area contributed by atoms with Gasteiger partial charge in [0.2, 0.25) is 5.91 Å². The second-order valence-corrected chi connectivity index (χ2v) is 9.26. The fourth-order valence-corrected chi connectivity index (χ4v) is 5.07. The van der Waals surface area contributed by atoms with Gasteiger partial charge in [-0.2, -0.15) is 0 Å².